The molecule has 0 aliphatic carbocycles. The van der Waals surface area contributed by atoms with Crippen LogP contribution in [0.2, 0.25) is 0 Å². The van der Waals surface area contributed by atoms with Crippen LogP contribution in [-0.4, -0.2) is 7.11 Å². The number of hydrogen-bond acceptors (Lipinski definition) is 2. The van der Waals surface area contributed by atoms with Gasteiger partial charge in [0.25, 0.3) is 0 Å². The Hall–Kier alpha value is -1.80. The van der Waals surface area contributed by atoms with Crippen LogP contribution in [0.3, 0.4) is 0 Å². The molecule has 1 unspecified atom stereocenters. The van der Waals surface area contributed by atoms with E-state index in [1.54, 1.807) is 7.11 Å². The summed E-state index contributed by atoms with van der Waals surface area (Å²) in [6.45, 7) is 4.21. The van der Waals surface area contributed by atoms with Gasteiger partial charge >= 0.3 is 0 Å². The maximum absolute atomic E-state index is 6.10. The zero-order chi connectivity index (χ0) is 13.8. The van der Waals surface area contributed by atoms with Crippen LogP contribution in [0.5, 0.6) is 5.75 Å². The molecule has 0 fully saturated rings. The summed E-state index contributed by atoms with van der Waals surface area (Å²) < 4.78 is 5.25. The van der Waals surface area contributed by atoms with E-state index in [-0.39, 0.29) is 6.04 Å². The first-order valence-corrected chi connectivity index (χ1v) is 6.66. The van der Waals surface area contributed by atoms with Crippen molar-refractivity contribution in [3.8, 4) is 16.9 Å². The first kappa shape index (κ1) is 13.6. The fourth-order valence-corrected chi connectivity index (χ4v) is 2.26. The van der Waals surface area contributed by atoms with Gasteiger partial charge in [-0.25, -0.2) is 0 Å². The zero-order valence-corrected chi connectivity index (χ0v) is 11.8. The van der Waals surface area contributed by atoms with Crippen molar-refractivity contribution in [1.82, 2.24) is 0 Å². The lowest BCUT2D eigenvalue weighted by molar-refractivity contribution is 0.414. The highest BCUT2D eigenvalue weighted by atomic mass is 16.5. The highest BCUT2D eigenvalue weighted by Gasteiger charge is 2.07. The second-order valence-corrected chi connectivity index (χ2v) is 4.82. The summed E-state index contributed by atoms with van der Waals surface area (Å²) in [5.41, 5.74) is 10.9. The van der Waals surface area contributed by atoms with Gasteiger partial charge in [-0.1, -0.05) is 31.2 Å². The Morgan fingerprint density at radius 2 is 1.95 bits per heavy atom. The molecule has 0 spiro atoms. The van der Waals surface area contributed by atoms with E-state index in [1.165, 1.54) is 22.3 Å². The standard InChI is InChI=1S/C17H21NO/c1-4-17(18)14-7-5-6-13(11-14)16-9-8-15(19-3)10-12(16)2/h5-11,17H,4,18H2,1-3H3. The molecule has 2 nitrogen and oxygen atoms in total. The van der Waals surface area contributed by atoms with E-state index in [1.807, 2.05) is 6.07 Å². The number of nitrogens with two attached hydrogens (primary N) is 1. The first-order valence-electron chi connectivity index (χ1n) is 6.66. The van der Waals surface area contributed by atoms with Crippen molar-refractivity contribution in [3.63, 3.8) is 0 Å². The van der Waals surface area contributed by atoms with Crippen LogP contribution in [0.15, 0.2) is 42.5 Å². The van der Waals surface area contributed by atoms with Crippen LogP contribution >= 0.6 is 0 Å². The van der Waals surface area contributed by atoms with E-state index in [4.69, 9.17) is 10.5 Å². The van der Waals surface area contributed by atoms with Gasteiger partial charge in [-0.2, -0.15) is 0 Å². The molecule has 2 rings (SSSR count). The van der Waals surface area contributed by atoms with Crippen molar-refractivity contribution in [3.05, 3.63) is 53.6 Å². The molecule has 0 aromatic heterocycles. The average molecular weight is 255 g/mol. The van der Waals surface area contributed by atoms with Crippen LogP contribution in [-0.2, 0) is 0 Å². The van der Waals surface area contributed by atoms with Gasteiger partial charge in [-0.15, -0.1) is 0 Å². The van der Waals surface area contributed by atoms with Crippen LogP contribution in [0.1, 0.15) is 30.5 Å². The lowest BCUT2D eigenvalue weighted by atomic mass is 9.96. The Balaban J connectivity index is 2.41. The zero-order valence-electron chi connectivity index (χ0n) is 11.8. The smallest absolute Gasteiger partial charge is 0.119 e. The maximum Gasteiger partial charge on any atom is 0.119 e. The number of hydrogen-bond donors (Lipinski definition) is 1. The molecule has 0 saturated heterocycles. The summed E-state index contributed by atoms with van der Waals surface area (Å²) in [5.74, 6) is 0.891. The van der Waals surface area contributed by atoms with E-state index >= 15 is 0 Å². The van der Waals surface area contributed by atoms with E-state index in [0.29, 0.717) is 0 Å². The molecular formula is C17H21NO. The Bertz CT molecular complexity index is 563. The highest BCUT2D eigenvalue weighted by molar-refractivity contribution is 5.68. The lowest BCUT2D eigenvalue weighted by Crippen LogP contribution is -2.08. The van der Waals surface area contributed by atoms with E-state index in [2.05, 4.69) is 50.2 Å². The number of methoxy groups -OCH3 is 1. The third kappa shape index (κ3) is 2.96. The Kier molecular flexibility index (Phi) is 4.23. The first-order chi connectivity index (χ1) is 9.15. The summed E-state index contributed by atoms with van der Waals surface area (Å²) in [4.78, 5) is 0. The largest absolute Gasteiger partial charge is 0.497 e. The van der Waals surface area contributed by atoms with Crippen molar-refractivity contribution in [1.29, 1.82) is 0 Å². The maximum atomic E-state index is 6.10. The highest BCUT2D eigenvalue weighted by Crippen LogP contribution is 2.28. The lowest BCUT2D eigenvalue weighted by Gasteiger charge is -2.13. The summed E-state index contributed by atoms with van der Waals surface area (Å²) in [6.07, 6.45) is 0.949. The molecule has 0 aliphatic heterocycles. The van der Waals surface area contributed by atoms with Crippen molar-refractivity contribution in [2.75, 3.05) is 7.11 Å². The number of benzene rings is 2. The normalized spacial score (nSPS) is 12.2. The van der Waals surface area contributed by atoms with Crippen molar-refractivity contribution in [2.45, 2.75) is 26.3 Å². The molecule has 2 aromatic rings. The summed E-state index contributed by atoms with van der Waals surface area (Å²) in [7, 11) is 1.69. The molecule has 0 bridgehead atoms. The SMILES string of the molecule is CCC(N)c1cccc(-c2ccc(OC)cc2C)c1. The predicted octanol–water partition coefficient (Wildman–Crippen LogP) is 4.08. The molecule has 19 heavy (non-hydrogen) atoms. The fraction of sp³-hybridized carbons (Fsp3) is 0.294. The fourth-order valence-electron chi connectivity index (χ4n) is 2.26. The summed E-state index contributed by atoms with van der Waals surface area (Å²) in [5, 5.41) is 0. The van der Waals surface area contributed by atoms with Crippen molar-refractivity contribution >= 4 is 0 Å². The van der Waals surface area contributed by atoms with Gasteiger partial charge < -0.3 is 10.5 Å². The Morgan fingerprint density at radius 1 is 1.16 bits per heavy atom. The van der Waals surface area contributed by atoms with E-state index < -0.39 is 0 Å². The number of ether oxygens (including phenoxy) is 1. The topological polar surface area (TPSA) is 35.2 Å². The van der Waals surface area contributed by atoms with Crippen LogP contribution < -0.4 is 10.5 Å². The van der Waals surface area contributed by atoms with E-state index in [0.717, 1.165) is 12.2 Å². The van der Waals surface area contributed by atoms with E-state index in [9.17, 15) is 0 Å². The molecule has 0 heterocycles. The number of rotatable bonds is 4. The molecule has 0 amide bonds. The van der Waals surface area contributed by atoms with Gasteiger partial charge in [0.05, 0.1) is 7.11 Å². The van der Waals surface area contributed by atoms with Gasteiger partial charge in [0.2, 0.25) is 0 Å². The third-order valence-electron chi connectivity index (χ3n) is 3.50. The molecule has 2 N–H and O–H groups in total. The third-order valence-corrected chi connectivity index (χ3v) is 3.50. The van der Waals surface area contributed by atoms with Crippen LogP contribution in [0, 0.1) is 6.92 Å². The Morgan fingerprint density at radius 3 is 2.58 bits per heavy atom. The van der Waals surface area contributed by atoms with Crippen LogP contribution in [0.4, 0.5) is 0 Å². The average Bonchev–Trinajstić information content (AvgIpc) is 2.46. The molecule has 1 atom stereocenters. The summed E-state index contributed by atoms with van der Waals surface area (Å²) >= 11 is 0. The van der Waals surface area contributed by atoms with Crippen molar-refractivity contribution < 1.29 is 4.74 Å². The minimum absolute atomic E-state index is 0.110. The van der Waals surface area contributed by atoms with Gasteiger partial charge in [-0.05, 0) is 53.8 Å². The van der Waals surface area contributed by atoms with Crippen molar-refractivity contribution in [2.24, 2.45) is 5.73 Å². The predicted molar refractivity (Wildman–Crippen MR) is 80.4 cm³/mol. The molecule has 0 radical (unpaired) electrons. The summed E-state index contributed by atoms with van der Waals surface area (Å²) in [6, 6.07) is 14.7. The van der Waals surface area contributed by atoms with Crippen LogP contribution in [0.25, 0.3) is 11.1 Å². The minimum Gasteiger partial charge on any atom is -0.497 e. The van der Waals surface area contributed by atoms with Gasteiger partial charge in [0.15, 0.2) is 0 Å². The molecule has 0 saturated carbocycles. The van der Waals surface area contributed by atoms with Gasteiger partial charge in [0, 0.05) is 6.04 Å². The molecule has 2 heteroatoms. The quantitative estimate of drug-likeness (QED) is 0.893. The number of aryl methyl sites for hydroxylation is 1. The molecule has 0 aliphatic rings. The minimum atomic E-state index is 0.110. The molecule has 100 valence electrons. The second kappa shape index (κ2) is 5.89. The molecule has 2 aromatic carbocycles. The molecular weight excluding hydrogens is 234 g/mol. The van der Waals surface area contributed by atoms with Gasteiger partial charge in [0.1, 0.15) is 5.75 Å². The Labute approximate surface area is 115 Å². The van der Waals surface area contributed by atoms with Gasteiger partial charge in [-0.3, -0.25) is 0 Å². The second-order valence-electron chi connectivity index (χ2n) is 4.82. The monoisotopic (exact) mass is 255 g/mol.